The Hall–Kier alpha value is -3.75. The number of nitrogens with one attached hydrogen (secondary N) is 2. The molecule has 0 aromatic heterocycles. The van der Waals surface area contributed by atoms with E-state index in [9.17, 15) is 14.7 Å². The van der Waals surface area contributed by atoms with Crippen molar-refractivity contribution in [3.8, 4) is 11.1 Å². The van der Waals surface area contributed by atoms with Crippen molar-refractivity contribution in [2.24, 2.45) is 5.11 Å². The van der Waals surface area contributed by atoms with E-state index in [0.717, 1.165) is 22.3 Å². The van der Waals surface area contributed by atoms with E-state index in [2.05, 4.69) is 32.8 Å². The fourth-order valence-electron chi connectivity index (χ4n) is 4.39. The van der Waals surface area contributed by atoms with Crippen molar-refractivity contribution in [2.45, 2.75) is 63.7 Å². The summed E-state index contributed by atoms with van der Waals surface area (Å²) in [5.41, 5.74) is 12.5. The molecule has 0 radical (unpaired) electrons. The molecule has 0 saturated carbocycles. The van der Waals surface area contributed by atoms with E-state index in [-0.39, 0.29) is 19.1 Å². The van der Waals surface area contributed by atoms with Gasteiger partial charge in [0.05, 0.1) is 18.7 Å². The predicted molar refractivity (Wildman–Crippen MR) is 140 cm³/mol. The van der Waals surface area contributed by atoms with Crippen LogP contribution in [0.5, 0.6) is 0 Å². The smallest absolute Gasteiger partial charge is 0.407 e. The van der Waals surface area contributed by atoms with Crippen LogP contribution in [0, 0.1) is 0 Å². The topological polar surface area (TPSA) is 146 Å². The molecule has 37 heavy (non-hydrogen) atoms. The quantitative estimate of drug-likeness (QED) is 0.164. The lowest BCUT2D eigenvalue weighted by Crippen LogP contribution is -2.45. The molecule has 0 bridgehead atoms. The molecule has 0 heterocycles. The van der Waals surface area contributed by atoms with E-state index < -0.39 is 29.9 Å². The van der Waals surface area contributed by atoms with Crippen molar-refractivity contribution in [1.82, 2.24) is 10.6 Å². The maximum atomic E-state index is 12.7. The third-order valence-electron chi connectivity index (χ3n) is 6.05. The van der Waals surface area contributed by atoms with Crippen molar-refractivity contribution >= 4 is 12.2 Å². The summed E-state index contributed by atoms with van der Waals surface area (Å²) in [6.45, 7) is 5.73. The van der Waals surface area contributed by atoms with Crippen LogP contribution >= 0.6 is 0 Å². The first-order chi connectivity index (χ1) is 17.7. The largest absolute Gasteiger partial charge is 0.449 e. The highest BCUT2D eigenvalue weighted by Gasteiger charge is 2.29. The second-order valence-corrected chi connectivity index (χ2v) is 9.98. The van der Waals surface area contributed by atoms with Crippen LogP contribution in [-0.2, 0) is 9.47 Å². The summed E-state index contributed by atoms with van der Waals surface area (Å²) in [5, 5.41) is 19.3. The average molecular weight is 510 g/mol. The SMILES string of the molecule is CC(C)(C)OC(=O)NCCCCC(NC(=O)OCC1c2ccccc2-c2ccccc21)C(O)CN=[N+]=[N-]. The number of hydrogen-bond donors (Lipinski definition) is 3. The Morgan fingerprint density at radius 1 is 1.05 bits per heavy atom. The van der Waals surface area contributed by atoms with Crippen LogP contribution < -0.4 is 10.6 Å². The Bertz CT molecular complexity index is 1080. The summed E-state index contributed by atoms with van der Waals surface area (Å²) in [5.74, 6) is -0.0800. The molecule has 10 heteroatoms. The van der Waals surface area contributed by atoms with Crippen molar-refractivity contribution in [2.75, 3.05) is 19.7 Å². The number of nitrogens with zero attached hydrogens (tertiary/aromatic N) is 3. The Balaban J connectivity index is 1.53. The predicted octanol–water partition coefficient (Wildman–Crippen LogP) is 5.26. The van der Waals surface area contributed by atoms with Gasteiger partial charge in [-0.3, -0.25) is 0 Å². The number of azide groups is 1. The molecule has 0 saturated heterocycles. The maximum Gasteiger partial charge on any atom is 0.407 e. The van der Waals surface area contributed by atoms with Gasteiger partial charge in [-0.05, 0) is 67.8 Å². The van der Waals surface area contributed by atoms with Gasteiger partial charge < -0.3 is 25.2 Å². The van der Waals surface area contributed by atoms with Gasteiger partial charge in [0.2, 0.25) is 0 Å². The molecule has 0 aliphatic heterocycles. The van der Waals surface area contributed by atoms with Crippen LogP contribution in [0.4, 0.5) is 9.59 Å². The van der Waals surface area contributed by atoms with Crippen molar-refractivity contribution in [3.63, 3.8) is 0 Å². The van der Waals surface area contributed by atoms with Gasteiger partial charge in [0.15, 0.2) is 0 Å². The van der Waals surface area contributed by atoms with Crippen molar-refractivity contribution in [3.05, 3.63) is 70.1 Å². The first-order valence-corrected chi connectivity index (χ1v) is 12.5. The Morgan fingerprint density at radius 3 is 2.27 bits per heavy atom. The van der Waals surface area contributed by atoms with Gasteiger partial charge >= 0.3 is 12.2 Å². The standard InChI is InChI=1S/C27H35N5O5/c1-27(2,3)37-25(34)29-15-9-8-14-23(24(33)16-30-32-28)31-26(35)36-17-22-20-12-6-4-10-18(20)19-11-5-7-13-21(19)22/h4-7,10-13,22-24,33H,8-9,14-17H2,1-3H3,(H,29,34)(H,31,35). The highest BCUT2D eigenvalue weighted by molar-refractivity contribution is 5.79. The number of aliphatic hydroxyl groups excluding tert-OH is 1. The Labute approximate surface area is 217 Å². The lowest BCUT2D eigenvalue weighted by molar-refractivity contribution is 0.0526. The van der Waals surface area contributed by atoms with Gasteiger partial charge in [-0.15, -0.1) is 0 Å². The van der Waals surface area contributed by atoms with Crippen LogP contribution in [0.15, 0.2) is 53.6 Å². The second kappa shape index (κ2) is 13.0. The van der Waals surface area contributed by atoms with E-state index in [1.807, 2.05) is 36.4 Å². The molecule has 2 unspecified atom stereocenters. The highest BCUT2D eigenvalue weighted by atomic mass is 16.6. The highest BCUT2D eigenvalue weighted by Crippen LogP contribution is 2.44. The minimum absolute atomic E-state index is 0.0800. The van der Waals surface area contributed by atoms with Gasteiger partial charge in [0.25, 0.3) is 0 Å². The van der Waals surface area contributed by atoms with Gasteiger partial charge in [-0.1, -0.05) is 53.6 Å². The lowest BCUT2D eigenvalue weighted by Gasteiger charge is -2.24. The van der Waals surface area contributed by atoms with E-state index in [4.69, 9.17) is 15.0 Å². The third kappa shape index (κ3) is 8.13. The average Bonchev–Trinajstić information content (AvgIpc) is 3.17. The minimum Gasteiger partial charge on any atom is -0.449 e. The second-order valence-electron chi connectivity index (χ2n) is 9.98. The normalized spacial score (nSPS) is 13.9. The molecule has 1 aliphatic rings. The van der Waals surface area contributed by atoms with Gasteiger partial charge in [-0.25, -0.2) is 9.59 Å². The van der Waals surface area contributed by atoms with Crippen LogP contribution in [0.25, 0.3) is 21.6 Å². The van der Waals surface area contributed by atoms with E-state index in [1.54, 1.807) is 20.8 Å². The summed E-state index contributed by atoms with van der Waals surface area (Å²) >= 11 is 0. The number of hydrogen-bond acceptors (Lipinski definition) is 6. The zero-order valence-corrected chi connectivity index (χ0v) is 21.5. The number of rotatable bonds is 11. The number of amides is 2. The summed E-state index contributed by atoms with van der Waals surface area (Å²) < 4.78 is 10.8. The third-order valence-corrected chi connectivity index (χ3v) is 6.05. The van der Waals surface area contributed by atoms with Crippen LogP contribution in [0.1, 0.15) is 57.1 Å². The number of aliphatic hydroxyl groups is 1. The van der Waals surface area contributed by atoms with Crippen LogP contribution in [0.3, 0.4) is 0 Å². The molecule has 2 aromatic rings. The maximum absolute atomic E-state index is 12.7. The van der Waals surface area contributed by atoms with Crippen molar-refractivity contribution < 1.29 is 24.2 Å². The first-order valence-electron chi connectivity index (χ1n) is 12.5. The molecule has 2 aromatic carbocycles. The summed E-state index contributed by atoms with van der Waals surface area (Å²) in [4.78, 5) is 27.2. The molecular formula is C27H35N5O5. The van der Waals surface area contributed by atoms with Gasteiger partial charge in [0, 0.05) is 17.4 Å². The lowest BCUT2D eigenvalue weighted by atomic mass is 9.98. The Kier molecular flexibility index (Phi) is 9.77. The molecule has 10 nitrogen and oxygen atoms in total. The van der Waals surface area contributed by atoms with Crippen LogP contribution in [-0.4, -0.2) is 54.7 Å². The summed E-state index contributed by atoms with van der Waals surface area (Å²) in [6, 6.07) is 15.5. The molecule has 3 N–H and O–H groups in total. The summed E-state index contributed by atoms with van der Waals surface area (Å²) in [6.07, 6.45) is -0.617. The Morgan fingerprint density at radius 2 is 1.68 bits per heavy atom. The fourth-order valence-corrected chi connectivity index (χ4v) is 4.39. The molecule has 0 spiro atoms. The van der Waals surface area contributed by atoms with Gasteiger partial charge in [-0.2, -0.15) is 0 Å². The van der Waals surface area contributed by atoms with Crippen molar-refractivity contribution in [1.29, 1.82) is 0 Å². The van der Waals surface area contributed by atoms with Crippen LogP contribution in [0.2, 0.25) is 0 Å². The van der Waals surface area contributed by atoms with E-state index >= 15 is 0 Å². The molecule has 1 aliphatic carbocycles. The molecule has 0 fully saturated rings. The first kappa shape index (κ1) is 27.8. The fraction of sp³-hybridized carbons (Fsp3) is 0.481. The number of alkyl carbamates (subject to hydrolysis) is 2. The molecular weight excluding hydrogens is 474 g/mol. The minimum atomic E-state index is -1.07. The molecule has 2 amide bonds. The number of fused-ring (bicyclic) bond motifs is 3. The van der Waals surface area contributed by atoms with E-state index in [1.165, 1.54) is 0 Å². The zero-order chi connectivity index (χ0) is 26.8. The molecule has 2 atom stereocenters. The molecule has 198 valence electrons. The number of unbranched alkanes of at least 4 members (excludes halogenated alkanes) is 1. The van der Waals surface area contributed by atoms with E-state index in [0.29, 0.717) is 25.8 Å². The number of carbonyl (C=O) groups excluding carboxylic acids is 2. The number of benzene rings is 2. The zero-order valence-electron chi connectivity index (χ0n) is 21.5. The number of carbonyl (C=O) groups is 2. The molecule has 3 rings (SSSR count). The summed E-state index contributed by atoms with van der Waals surface area (Å²) in [7, 11) is 0. The van der Waals surface area contributed by atoms with Gasteiger partial charge in [0.1, 0.15) is 12.2 Å². The number of ether oxygens (including phenoxy) is 2. The monoisotopic (exact) mass is 509 g/mol.